The van der Waals surface area contributed by atoms with Gasteiger partial charge in [-0.25, -0.2) is 0 Å². The number of ketones is 1. The minimum atomic E-state index is -0.268. The van der Waals surface area contributed by atoms with E-state index in [1.54, 1.807) is 0 Å². The number of Topliss-reactive ketones (excluding diaryl/α,β-unsaturated/α-hetero) is 1. The van der Waals surface area contributed by atoms with Crippen molar-refractivity contribution in [1.29, 1.82) is 0 Å². The molecule has 3 fully saturated rings. The maximum atomic E-state index is 12.7. The number of rotatable bonds is 3. The lowest BCUT2D eigenvalue weighted by Gasteiger charge is -2.34. The summed E-state index contributed by atoms with van der Waals surface area (Å²) in [5, 5.41) is 0. The quantitative estimate of drug-likeness (QED) is 0.800. The third kappa shape index (κ3) is 2.53. The Morgan fingerprint density at radius 1 is 1.19 bits per heavy atom. The molecule has 2 atom stereocenters. The summed E-state index contributed by atoms with van der Waals surface area (Å²) in [5.74, 6) is 0.842. The second-order valence-corrected chi connectivity index (χ2v) is 6.73. The summed E-state index contributed by atoms with van der Waals surface area (Å²) >= 11 is 0. The van der Waals surface area contributed by atoms with Gasteiger partial charge in [-0.3, -0.25) is 9.69 Å². The highest BCUT2D eigenvalue weighted by atomic mass is 16.5. The molecule has 0 N–H and O–H groups in total. The van der Waals surface area contributed by atoms with Crippen LogP contribution in [0.15, 0.2) is 24.3 Å². The first-order valence-corrected chi connectivity index (χ1v) is 8.31. The Morgan fingerprint density at radius 3 is 2.90 bits per heavy atom. The molecule has 3 aliphatic rings. The lowest BCUT2D eigenvalue weighted by Crippen LogP contribution is -2.49. The third-order valence-electron chi connectivity index (χ3n) is 5.43. The van der Waals surface area contributed by atoms with Crippen molar-refractivity contribution < 1.29 is 9.53 Å². The van der Waals surface area contributed by atoms with E-state index in [-0.39, 0.29) is 11.9 Å². The van der Waals surface area contributed by atoms with Crippen LogP contribution in [0.25, 0.3) is 0 Å². The molecule has 0 amide bonds. The summed E-state index contributed by atoms with van der Waals surface area (Å²) in [6.07, 6.45) is 6.06. The Hall–Kier alpha value is -1.19. The molecule has 2 saturated heterocycles. The van der Waals surface area contributed by atoms with Gasteiger partial charge in [0.2, 0.25) is 0 Å². The van der Waals surface area contributed by atoms with Gasteiger partial charge in [-0.05, 0) is 49.8 Å². The number of hydrogen-bond donors (Lipinski definition) is 0. The first kappa shape index (κ1) is 13.5. The van der Waals surface area contributed by atoms with Gasteiger partial charge in [0.25, 0.3) is 0 Å². The van der Waals surface area contributed by atoms with Crippen LogP contribution in [0.5, 0.6) is 0 Å². The van der Waals surface area contributed by atoms with Crippen LogP contribution in [0.1, 0.15) is 53.9 Å². The summed E-state index contributed by atoms with van der Waals surface area (Å²) in [6.45, 7) is 2.62. The van der Waals surface area contributed by atoms with Crippen LogP contribution in [-0.2, 0) is 4.74 Å². The number of morpholine rings is 1. The van der Waals surface area contributed by atoms with E-state index in [1.165, 1.54) is 37.7 Å². The van der Waals surface area contributed by atoms with Crippen molar-refractivity contribution in [2.75, 3.05) is 19.7 Å². The van der Waals surface area contributed by atoms with Gasteiger partial charge in [0.1, 0.15) is 6.10 Å². The first-order chi connectivity index (χ1) is 10.3. The normalized spacial score (nSPS) is 29.9. The van der Waals surface area contributed by atoms with Crippen LogP contribution in [0.2, 0.25) is 0 Å². The van der Waals surface area contributed by atoms with Crippen LogP contribution in [0.4, 0.5) is 0 Å². The molecule has 21 heavy (non-hydrogen) atoms. The second kappa shape index (κ2) is 5.54. The molecule has 4 rings (SSSR count). The number of carbonyl (C=O) groups excluding carboxylic acids is 1. The van der Waals surface area contributed by atoms with Crippen LogP contribution in [0, 0.1) is 0 Å². The maximum Gasteiger partial charge on any atom is 0.192 e. The Labute approximate surface area is 126 Å². The molecule has 3 nitrogen and oxygen atoms in total. The minimum absolute atomic E-state index is 0.168. The molecule has 1 aromatic rings. The van der Waals surface area contributed by atoms with Crippen molar-refractivity contribution in [3.8, 4) is 0 Å². The Morgan fingerprint density at radius 2 is 2.10 bits per heavy atom. The smallest absolute Gasteiger partial charge is 0.192 e. The van der Waals surface area contributed by atoms with Gasteiger partial charge in [-0.2, -0.15) is 0 Å². The SMILES string of the molecule is O=C(c1cccc(C2CCC2)c1)C1CN2CCCC2CO1. The molecule has 2 unspecified atom stereocenters. The standard InChI is InChI=1S/C18H23NO2/c20-18(17-11-19-9-3-8-16(19)12-21-17)15-7-2-6-14(10-15)13-4-1-5-13/h2,6-7,10,13,16-17H,1,3-5,8-9,11-12H2. The van der Waals surface area contributed by atoms with E-state index in [0.717, 1.165) is 25.3 Å². The molecule has 0 bridgehead atoms. The van der Waals surface area contributed by atoms with Crippen molar-refractivity contribution in [3.63, 3.8) is 0 Å². The monoisotopic (exact) mass is 285 g/mol. The van der Waals surface area contributed by atoms with Crippen LogP contribution < -0.4 is 0 Å². The van der Waals surface area contributed by atoms with Crippen molar-refractivity contribution in [3.05, 3.63) is 35.4 Å². The molecular formula is C18H23NO2. The Balaban J connectivity index is 1.49. The fraction of sp³-hybridized carbons (Fsp3) is 0.611. The number of fused-ring (bicyclic) bond motifs is 1. The largest absolute Gasteiger partial charge is 0.367 e. The summed E-state index contributed by atoms with van der Waals surface area (Å²) in [4.78, 5) is 15.2. The van der Waals surface area contributed by atoms with Crippen LogP contribution >= 0.6 is 0 Å². The molecule has 1 aromatic carbocycles. The van der Waals surface area contributed by atoms with Gasteiger partial charge in [0.05, 0.1) is 6.61 Å². The highest BCUT2D eigenvalue weighted by molar-refractivity contribution is 5.99. The van der Waals surface area contributed by atoms with Crippen molar-refractivity contribution >= 4 is 5.78 Å². The Kier molecular flexibility index (Phi) is 3.56. The molecule has 0 radical (unpaired) electrons. The second-order valence-electron chi connectivity index (χ2n) is 6.73. The molecule has 2 aliphatic heterocycles. The number of benzene rings is 1. The van der Waals surface area contributed by atoms with E-state index in [0.29, 0.717) is 12.0 Å². The van der Waals surface area contributed by atoms with E-state index < -0.39 is 0 Å². The summed E-state index contributed by atoms with van der Waals surface area (Å²) in [7, 11) is 0. The van der Waals surface area contributed by atoms with E-state index in [9.17, 15) is 4.79 Å². The Bertz CT molecular complexity index is 538. The van der Waals surface area contributed by atoms with Gasteiger partial charge in [-0.1, -0.05) is 24.6 Å². The molecule has 1 saturated carbocycles. The van der Waals surface area contributed by atoms with E-state index in [4.69, 9.17) is 4.74 Å². The summed E-state index contributed by atoms with van der Waals surface area (Å²) in [6, 6.07) is 8.80. The summed E-state index contributed by atoms with van der Waals surface area (Å²) in [5.41, 5.74) is 2.17. The van der Waals surface area contributed by atoms with Crippen molar-refractivity contribution in [1.82, 2.24) is 4.90 Å². The van der Waals surface area contributed by atoms with E-state index >= 15 is 0 Å². The molecule has 112 valence electrons. The average molecular weight is 285 g/mol. The van der Waals surface area contributed by atoms with E-state index in [2.05, 4.69) is 17.0 Å². The first-order valence-electron chi connectivity index (χ1n) is 8.31. The third-order valence-corrected chi connectivity index (χ3v) is 5.43. The molecule has 0 spiro atoms. The van der Waals surface area contributed by atoms with Gasteiger partial charge in [-0.15, -0.1) is 0 Å². The lowest BCUT2D eigenvalue weighted by atomic mass is 9.79. The zero-order valence-electron chi connectivity index (χ0n) is 12.5. The number of nitrogens with zero attached hydrogens (tertiary/aromatic N) is 1. The zero-order chi connectivity index (χ0) is 14.2. The zero-order valence-corrected chi connectivity index (χ0v) is 12.5. The highest BCUT2D eigenvalue weighted by Crippen LogP contribution is 2.36. The fourth-order valence-corrected chi connectivity index (χ4v) is 3.85. The average Bonchev–Trinajstić information content (AvgIpc) is 2.92. The van der Waals surface area contributed by atoms with Gasteiger partial charge < -0.3 is 4.74 Å². The molecule has 3 heteroatoms. The maximum absolute atomic E-state index is 12.7. The van der Waals surface area contributed by atoms with Crippen molar-refractivity contribution in [2.24, 2.45) is 0 Å². The predicted molar refractivity (Wildman–Crippen MR) is 81.7 cm³/mol. The molecule has 2 heterocycles. The van der Waals surface area contributed by atoms with Gasteiger partial charge in [0.15, 0.2) is 5.78 Å². The number of hydrogen-bond acceptors (Lipinski definition) is 3. The fourth-order valence-electron chi connectivity index (χ4n) is 3.85. The lowest BCUT2D eigenvalue weighted by molar-refractivity contribution is -0.0344. The van der Waals surface area contributed by atoms with Gasteiger partial charge in [0, 0.05) is 18.2 Å². The number of carbonyl (C=O) groups is 1. The van der Waals surface area contributed by atoms with E-state index in [1.807, 2.05) is 12.1 Å². The molecule has 1 aliphatic carbocycles. The van der Waals surface area contributed by atoms with Gasteiger partial charge >= 0.3 is 0 Å². The number of ether oxygens (including phenoxy) is 1. The minimum Gasteiger partial charge on any atom is -0.367 e. The molecule has 0 aromatic heterocycles. The molecular weight excluding hydrogens is 262 g/mol. The van der Waals surface area contributed by atoms with Crippen LogP contribution in [-0.4, -0.2) is 42.5 Å². The predicted octanol–water partition coefficient (Wildman–Crippen LogP) is 3.00. The highest BCUT2D eigenvalue weighted by Gasteiger charge is 2.35. The van der Waals surface area contributed by atoms with Crippen molar-refractivity contribution in [2.45, 2.75) is 50.2 Å². The summed E-state index contributed by atoms with van der Waals surface area (Å²) < 4.78 is 5.86. The topological polar surface area (TPSA) is 29.5 Å². The van der Waals surface area contributed by atoms with Crippen LogP contribution in [0.3, 0.4) is 0 Å².